The van der Waals surface area contributed by atoms with Crippen LogP contribution in [-0.4, -0.2) is 64.7 Å². The number of rotatable bonds is 6. The van der Waals surface area contributed by atoms with Crippen LogP contribution < -0.4 is 5.32 Å². The molecule has 0 unspecified atom stereocenters. The molecule has 2 aromatic heterocycles. The summed E-state index contributed by atoms with van der Waals surface area (Å²) in [6.07, 6.45) is -1.80. The second kappa shape index (κ2) is 8.08. The van der Waals surface area contributed by atoms with E-state index in [9.17, 15) is 25.4 Å². The molecule has 0 spiro atoms. The van der Waals surface area contributed by atoms with Gasteiger partial charge in [-0.05, 0) is 11.6 Å². The van der Waals surface area contributed by atoms with E-state index in [1.807, 2.05) is 0 Å². The van der Waals surface area contributed by atoms with Crippen LogP contribution in [0.1, 0.15) is 11.8 Å². The van der Waals surface area contributed by atoms with Crippen molar-refractivity contribution in [1.29, 1.82) is 0 Å². The lowest BCUT2D eigenvalue weighted by Crippen LogP contribution is -2.33. The first-order chi connectivity index (χ1) is 14.4. The summed E-state index contributed by atoms with van der Waals surface area (Å²) >= 11 is 6.13. The van der Waals surface area contributed by atoms with Crippen LogP contribution in [0, 0.1) is 10.1 Å². The fourth-order valence-electron chi connectivity index (χ4n) is 3.27. The third kappa shape index (κ3) is 3.55. The standard InChI is InChI=1S/C17H17ClN6O6/c18-10-2-1-9(24(28)29)3-8(10)4-19-15-12-16(21-6-20-15)23(7-22-12)17-14(27)13(26)11(5-25)30-17/h1-3,6-7,11,13-14,17,25-27H,4-5H2,(H,19,20,21)/t11-,13-,14-,17-/m1/s1. The molecule has 13 heteroatoms. The lowest BCUT2D eigenvalue weighted by atomic mass is 10.1. The largest absolute Gasteiger partial charge is 0.394 e. The zero-order valence-corrected chi connectivity index (χ0v) is 16.0. The number of nitrogens with one attached hydrogen (secondary N) is 1. The quantitative estimate of drug-likeness (QED) is 0.317. The van der Waals surface area contributed by atoms with Gasteiger partial charge in [0.2, 0.25) is 0 Å². The molecule has 158 valence electrons. The molecule has 0 bridgehead atoms. The summed E-state index contributed by atoms with van der Waals surface area (Å²) in [7, 11) is 0. The van der Waals surface area contributed by atoms with Crippen molar-refractivity contribution >= 4 is 34.3 Å². The summed E-state index contributed by atoms with van der Waals surface area (Å²) in [5.41, 5.74) is 1.10. The van der Waals surface area contributed by atoms with Crippen LogP contribution >= 0.6 is 11.6 Å². The lowest BCUT2D eigenvalue weighted by Gasteiger charge is -2.16. The van der Waals surface area contributed by atoms with Crippen molar-refractivity contribution in [2.24, 2.45) is 0 Å². The number of non-ortho nitro benzene ring substituents is 1. The van der Waals surface area contributed by atoms with Gasteiger partial charge < -0.3 is 25.4 Å². The van der Waals surface area contributed by atoms with Gasteiger partial charge in [-0.1, -0.05) is 11.6 Å². The minimum absolute atomic E-state index is 0.0855. The molecule has 30 heavy (non-hydrogen) atoms. The van der Waals surface area contributed by atoms with Crippen molar-refractivity contribution in [2.75, 3.05) is 11.9 Å². The predicted octanol–water partition coefficient (Wildman–Crippen LogP) is 0.611. The summed E-state index contributed by atoms with van der Waals surface area (Å²) in [5, 5.41) is 43.9. The molecule has 3 aromatic rings. The van der Waals surface area contributed by atoms with E-state index in [0.717, 1.165) is 0 Å². The summed E-state index contributed by atoms with van der Waals surface area (Å²) in [6.45, 7) is -0.305. The summed E-state index contributed by atoms with van der Waals surface area (Å²) < 4.78 is 6.96. The van der Waals surface area contributed by atoms with E-state index >= 15 is 0 Å². The van der Waals surface area contributed by atoms with E-state index in [2.05, 4.69) is 20.3 Å². The Hall–Kier alpha value is -2.90. The number of anilines is 1. The number of nitro benzene ring substituents is 1. The van der Waals surface area contributed by atoms with Crippen LogP contribution in [0.4, 0.5) is 11.5 Å². The predicted molar refractivity (Wildman–Crippen MR) is 104 cm³/mol. The molecule has 4 rings (SSSR count). The van der Waals surface area contributed by atoms with Crippen molar-refractivity contribution in [3.8, 4) is 0 Å². The van der Waals surface area contributed by atoms with E-state index < -0.39 is 36.1 Å². The Labute approximate surface area is 173 Å². The Morgan fingerprint density at radius 3 is 2.77 bits per heavy atom. The highest BCUT2D eigenvalue weighted by Crippen LogP contribution is 2.32. The number of hydrogen-bond donors (Lipinski definition) is 4. The van der Waals surface area contributed by atoms with Crippen molar-refractivity contribution < 1.29 is 25.0 Å². The second-order valence-electron chi connectivity index (χ2n) is 6.66. The number of aliphatic hydroxyl groups excluding tert-OH is 3. The summed E-state index contributed by atoms with van der Waals surface area (Å²) in [4.78, 5) is 23.0. The van der Waals surface area contributed by atoms with Crippen LogP contribution in [0.25, 0.3) is 11.2 Å². The fourth-order valence-corrected chi connectivity index (χ4v) is 3.45. The SMILES string of the molecule is O=[N+]([O-])c1ccc(Cl)c(CNc2ncnc3c2ncn3[C@@H]2O[C@H](CO)[C@@H](O)[C@H]2O)c1. The van der Waals surface area contributed by atoms with Gasteiger partial charge in [0.05, 0.1) is 17.9 Å². The van der Waals surface area contributed by atoms with Gasteiger partial charge in [0.25, 0.3) is 5.69 Å². The summed E-state index contributed by atoms with van der Waals surface area (Å²) in [6, 6.07) is 4.13. The highest BCUT2D eigenvalue weighted by atomic mass is 35.5. The van der Waals surface area contributed by atoms with Crippen molar-refractivity contribution in [3.63, 3.8) is 0 Å². The number of aliphatic hydroxyl groups is 3. The Morgan fingerprint density at radius 1 is 1.27 bits per heavy atom. The first-order valence-corrected chi connectivity index (χ1v) is 9.25. The maximum atomic E-state index is 11.0. The number of hydrogen-bond acceptors (Lipinski definition) is 10. The van der Waals surface area contributed by atoms with E-state index in [4.69, 9.17) is 16.3 Å². The van der Waals surface area contributed by atoms with Gasteiger partial charge >= 0.3 is 0 Å². The summed E-state index contributed by atoms with van der Waals surface area (Å²) in [5.74, 6) is 0.341. The molecule has 0 saturated carbocycles. The molecule has 0 radical (unpaired) electrons. The fraction of sp³-hybridized carbons (Fsp3) is 0.353. The molecule has 12 nitrogen and oxygen atoms in total. The molecule has 4 atom stereocenters. The Bertz CT molecular complexity index is 1090. The molecule has 1 fully saturated rings. The van der Waals surface area contributed by atoms with Gasteiger partial charge in [0.1, 0.15) is 24.6 Å². The molecular weight excluding hydrogens is 420 g/mol. The number of benzene rings is 1. The lowest BCUT2D eigenvalue weighted by molar-refractivity contribution is -0.384. The molecular formula is C17H17ClN6O6. The number of halogens is 1. The number of nitro groups is 1. The number of imidazole rings is 1. The maximum absolute atomic E-state index is 11.0. The van der Waals surface area contributed by atoms with Crippen LogP contribution in [0.5, 0.6) is 0 Å². The van der Waals surface area contributed by atoms with E-state index in [0.29, 0.717) is 27.6 Å². The molecule has 1 aliphatic heterocycles. The first-order valence-electron chi connectivity index (χ1n) is 8.87. The van der Waals surface area contributed by atoms with Crippen molar-refractivity contribution in [1.82, 2.24) is 19.5 Å². The van der Waals surface area contributed by atoms with Crippen LogP contribution in [0.15, 0.2) is 30.9 Å². The third-order valence-electron chi connectivity index (χ3n) is 4.84. The average Bonchev–Trinajstić information content (AvgIpc) is 3.28. The zero-order chi connectivity index (χ0) is 21.4. The molecule has 0 aliphatic carbocycles. The first kappa shape index (κ1) is 20.4. The molecule has 1 saturated heterocycles. The van der Waals surface area contributed by atoms with Crippen LogP contribution in [-0.2, 0) is 11.3 Å². The van der Waals surface area contributed by atoms with Crippen LogP contribution in [0.2, 0.25) is 5.02 Å². The monoisotopic (exact) mass is 436 g/mol. The Morgan fingerprint density at radius 2 is 2.07 bits per heavy atom. The number of fused-ring (bicyclic) bond motifs is 1. The number of nitrogens with zero attached hydrogens (tertiary/aromatic N) is 5. The molecule has 0 amide bonds. The maximum Gasteiger partial charge on any atom is 0.269 e. The zero-order valence-electron chi connectivity index (χ0n) is 15.3. The van der Waals surface area contributed by atoms with Crippen molar-refractivity contribution in [2.45, 2.75) is 31.1 Å². The average molecular weight is 437 g/mol. The minimum Gasteiger partial charge on any atom is -0.394 e. The second-order valence-corrected chi connectivity index (χ2v) is 7.07. The highest BCUT2D eigenvalue weighted by molar-refractivity contribution is 6.31. The van der Waals surface area contributed by atoms with Gasteiger partial charge in [-0.25, -0.2) is 15.0 Å². The minimum atomic E-state index is -1.28. The third-order valence-corrected chi connectivity index (χ3v) is 5.21. The highest BCUT2D eigenvalue weighted by Gasteiger charge is 2.44. The Kier molecular flexibility index (Phi) is 5.49. The van der Waals surface area contributed by atoms with Gasteiger partial charge in [0.15, 0.2) is 23.2 Å². The van der Waals surface area contributed by atoms with Gasteiger partial charge in [-0.3, -0.25) is 14.7 Å². The van der Waals surface area contributed by atoms with Gasteiger partial charge in [0, 0.05) is 23.7 Å². The van der Waals surface area contributed by atoms with Crippen LogP contribution in [0.3, 0.4) is 0 Å². The molecule has 1 aromatic carbocycles. The normalized spacial score (nSPS) is 23.7. The van der Waals surface area contributed by atoms with Gasteiger partial charge in [-0.15, -0.1) is 0 Å². The number of ether oxygens (including phenoxy) is 1. The van der Waals surface area contributed by atoms with E-state index in [-0.39, 0.29) is 12.2 Å². The Balaban J connectivity index is 1.60. The molecule has 3 heterocycles. The van der Waals surface area contributed by atoms with Gasteiger partial charge in [-0.2, -0.15) is 0 Å². The molecule has 1 aliphatic rings. The van der Waals surface area contributed by atoms with E-state index in [1.165, 1.54) is 35.4 Å². The number of aromatic nitrogens is 4. The molecule has 4 N–H and O–H groups in total. The smallest absolute Gasteiger partial charge is 0.269 e. The van der Waals surface area contributed by atoms with Crippen molar-refractivity contribution in [3.05, 3.63) is 51.6 Å². The van der Waals surface area contributed by atoms with E-state index in [1.54, 1.807) is 0 Å². The topological polar surface area (TPSA) is 169 Å².